The number of H-pyrrole nitrogens is 1. The molecule has 2 aromatic carbocycles. The van der Waals surface area contributed by atoms with Crippen LogP contribution < -0.4 is 4.48 Å². The Kier molecular flexibility index (Phi) is 5.33. The van der Waals surface area contributed by atoms with E-state index in [1.54, 1.807) is 0 Å². The van der Waals surface area contributed by atoms with Gasteiger partial charge in [-0.15, -0.1) is 0 Å². The summed E-state index contributed by atoms with van der Waals surface area (Å²) < 4.78 is 6.14. The molecule has 0 fully saturated rings. The van der Waals surface area contributed by atoms with E-state index in [0.717, 1.165) is 22.3 Å². The molecule has 0 aliphatic heterocycles. The second-order valence-corrected chi connectivity index (χ2v) is 7.02. The predicted octanol–water partition coefficient (Wildman–Crippen LogP) is 4.67. The molecule has 0 unspecified atom stereocenters. The van der Waals surface area contributed by atoms with E-state index in [4.69, 9.17) is 4.74 Å². The molecule has 25 heavy (non-hydrogen) atoms. The summed E-state index contributed by atoms with van der Waals surface area (Å²) in [5, 5.41) is 1.12. The third-order valence-corrected chi connectivity index (χ3v) is 4.07. The van der Waals surface area contributed by atoms with Crippen molar-refractivity contribution in [2.24, 2.45) is 0 Å². The third kappa shape index (κ3) is 4.28. The van der Waals surface area contributed by atoms with E-state index in [1.807, 2.05) is 30.3 Å². The van der Waals surface area contributed by atoms with E-state index >= 15 is 0 Å². The quantitative estimate of drug-likeness (QED) is 0.554. The monoisotopic (exact) mass is 339 g/mol. The van der Waals surface area contributed by atoms with Crippen molar-refractivity contribution < 1.29 is 9.53 Å². The number of rotatable bonds is 4. The lowest BCUT2D eigenvalue weighted by Crippen LogP contribution is -2.34. The van der Waals surface area contributed by atoms with Gasteiger partial charge in [0.05, 0.1) is 32.4 Å². The summed E-state index contributed by atoms with van der Waals surface area (Å²) in [7, 11) is 6.26. The fraction of sp³-hybridized carbons (Fsp3) is 0.286. The van der Waals surface area contributed by atoms with Crippen molar-refractivity contribution in [1.29, 1.82) is 0 Å². The number of aromatic amines is 1. The van der Waals surface area contributed by atoms with E-state index in [1.165, 1.54) is 5.56 Å². The van der Waals surface area contributed by atoms with Crippen LogP contribution in [0.1, 0.15) is 29.0 Å². The standard InChI is InChI=1S/C20H23N2O2.CH4/c1-14-5-6-16-12-17(21-19(16)11-14)13-24-20(23)15-7-9-18(10-8-15)22(2,3)4;/h5-12,21H,13H2,1-4H3;1H4/q+1;. The highest BCUT2D eigenvalue weighted by Gasteiger charge is 2.14. The number of nitrogens with one attached hydrogen (secondary N) is 1. The van der Waals surface area contributed by atoms with Gasteiger partial charge in [0.15, 0.2) is 0 Å². The first kappa shape index (κ1) is 18.7. The number of aryl methyl sites for hydroxylation is 1. The van der Waals surface area contributed by atoms with Crippen molar-refractivity contribution in [2.45, 2.75) is 21.0 Å². The van der Waals surface area contributed by atoms with Crippen molar-refractivity contribution in [3.63, 3.8) is 0 Å². The maximum absolute atomic E-state index is 12.2. The summed E-state index contributed by atoms with van der Waals surface area (Å²) in [4.78, 5) is 15.5. The number of fused-ring (bicyclic) bond motifs is 1. The SMILES string of the molecule is C.Cc1ccc2cc(COC(=O)c3ccc([N+](C)(C)C)cc3)[nH]c2c1. The summed E-state index contributed by atoms with van der Waals surface area (Å²) in [5.41, 5.74) is 4.86. The van der Waals surface area contributed by atoms with Crippen molar-refractivity contribution in [3.05, 3.63) is 65.4 Å². The van der Waals surface area contributed by atoms with Crippen LogP contribution in [0.5, 0.6) is 0 Å². The number of quaternary nitrogens is 1. The number of hydrogen-bond donors (Lipinski definition) is 1. The minimum Gasteiger partial charge on any atom is -0.456 e. The molecule has 0 amide bonds. The van der Waals surface area contributed by atoms with E-state index in [2.05, 4.69) is 51.2 Å². The number of carbonyl (C=O) groups excluding carboxylic acids is 1. The number of benzene rings is 2. The second-order valence-electron chi connectivity index (χ2n) is 7.02. The lowest BCUT2D eigenvalue weighted by Gasteiger charge is -2.23. The van der Waals surface area contributed by atoms with Gasteiger partial charge in [-0.1, -0.05) is 19.6 Å². The van der Waals surface area contributed by atoms with Crippen molar-refractivity contribution >= 4 is 22.6 Å². The van der Waals surface area contributed by atoms with Crippen LogP contribution in [0.15, 0.2) is 48.5 Å². The summed E-state index contributed by atoms with van der Waals surface area (Å²) in [6, 6.07) is 15.8. The molecule has 0 saturated heterocycles. The number of carbonyl (C=O) groups is 1. The molecule has 0 saturated carbocycles. The third-order valence-electron chi connectivity index (χ3n) is 4.07. The maximum atomic E-state index is 12.2. The molecule has 3 aromatic rings. The highest BCUT2D eigenvalue weighted by Crippen LogP contribution is 2.19. The molecule has 1 heterocycles. The second kappa shape index (κ2) is 7.11. The zero-order chi connectivity index (χ0) is 17.3. The number of ether oxygens (including phenoxy) is 1. The van der Waals surface area contributed by atoms with Crippen LogP contribution in [0.3, 0.4) is 0 Å². The first-order chi connectivity index (χ1) is 11.3. The largest absolute Gasteiger partial charge is 0.456 e. The Labute approximate surface area is 149 Å². The lowest BCUT2D eigenvalue weighted by molar-refractivity contribution is 0.0468. The fourth-order valence-corrected chi connectivity index (χ4v) is 2.65. The molecule has 132 valence electrons. The molecule has 4 heteroatoms. The topological polar surface area (TPSA) is 42.1 Å². The van der Waals surface area contributed by atoms with Crippen LogP contribution in [0.4, 0.5) is 5.69 Å². The van der Waals surface area contributed by atoms with Gasteiger partial charge in [-0.3, -0.25) is 4.48 Å². The first-order valence-electron chi connectivity index (χ1n) is 8.00. The van der Waals surface area contributed by atoms with Gasteiger partial charge in [0.1, 0.15) is 12.3 Å². The van der Waals surface area contributed by atoms with Gasteiger partial charge in [-0.2, -0.15) is 0 Å². The van der Waals surface area contributed by atoms with Crippen LogP contribution in [-0.4, -0.2) is 32.1 Å². The minimum absolute atomic E-state index is 0. The van der Waals surface area contributed by atoms with E-state index < -0.39 is 0 Å². The van der Waals surface area contributed by atoms with Crippen LogP contribution in [-0.2, 0) is 11.3 Å². The van der Waals surface area contributed by atoms with Crippen LogP contribution in [0.25, 0.3) is 10.9 Å². The van der Waals surface area contributed by atoms with E-state index in [-0.39, 0.29) is 20.0 Å². The van der Waals surface area contributed by atoms with Crippen LogP contribution >= 0.6 is 0 Å². The maximum Gasteiger partial charge on any atom is 0.338 e. The highest BCUT2D eigenvalue weighted by molar-refractivity contribution is 5.89. The molecule has 3 rings (SSSR count). The van der Waals surface area contributed by atoms with Crippen molar-refractivity contribution in [3.8, 4) is 0 Å². The Morgan fingerprint density at radius 2 is 1.72 bits per heavy atom. The first-order valence-corrected chi connectivity index (χ1v) is 8.00. The summed E-state index contributed by atoms with van der Waals surface area (Å²) in [6.45, 7) is 2.30. The normalized spacial score (nSPS) is 11.2. The molecule has 1 N–H and O–H groups in total. The molecular weight excluding hydrogens is 312 g/mol. The number of nitrogens with zero attached hydrogens (tertiary/aromatic N) is 1. The van der Waals surface area contributed by atoms with Gasteiger partial charge in [-0.25, -0.2) is 4.79 Å². The Morgan fingerprint density at radius 1 is 1.04 bits per heavy atom. The van der Waals surface area contributed by atoms with Gasteiger partial charge in [0.2, 0.25) is 0 Å². The summed E-state index contributed by atoms with van der Waals surface area (Å²) in [6.07, 6.45) is 0. The fourth-order valence-electron chi connectivity index (χ4n) is 2.65. The molecule has 0 bridgehead atoms. The van der Waals surface area contributed by atoms with Gasteiger partial charge < -0.3 is 9.72 Å². The average molecular weight is 339 g/mol. The van der Waals surface area contributed by atoms with E-state index in [0.29, 0.717) is 10.0 Å². The molecule has 0 radical (unpaired) electrons. The Hall–Kier alpha value is -2.59. The summed E-state index contributed by atoms with van der Waals surface area (Å²) >= 11 is 0. The van der Waals surface area contributed by atoms with Crippen LogP contribution in [0.2, 0.25) is 0 Å². The van der Waals surface area contributed by atoms with Crippen LogP contribution in [0, 0.1) is 6.92 Å². The molecule has 4 nitrogen and oxygen atoms in total. The Bertz CT molecular complexity index is 871. The lowest BCUT2D eigenvalue weighted by atomic mass is 10.2. The molecule has 1 aromatic heterocycles. The molecule has 0 aliphatic rings. The minimum atomic E-state index is -0.308. The number of hydrogen-bond acceptors (Lipinski definition) is 2. The molecule has 0 spiro atoms. The number of esters is 1. The number of aromatic nitrogens is 1. The molecule has 0 atom stereocenters. The van der Waals surface area contributed by atoms with Gasteiger partial charge >= 0.3 is 5.97 Å². The smallest absolute Gasteiger partial charge is 0.338 e. The van der Waals surface area contributed by atoms with Gasteiger partial charge in [-0.05, 0) is 54.3 Å². The Morgan fingerprint density at radius 3 is 2.36 bits per heavy atom. The predicted molar refractivity (Wildman–Crippen MR) is 105 cm³/mol. The zero-order valence-corrected chi connectivity index (χ0v) is 14.6. The molecule has 0 aliphatic carbocycles. The zero-order valence-electron chi connectivity index (χ0n) is 14.6. The van der Waals surface area contributed by atoms with Gasteiger partial charge in [0, 0.05) is 5.52 Å². The van der Waals surface area contributed by atoms with Gasteiger partial charge in [0.25, 0.3) is 0 Å². The molecular formula is C21H27N2O2+. The van der Waals surface area contributed by atoms with E-state index in [9.17, 15) is 4.79 Å². The van der Waals surface area contributed by atoms with Crippen molar-refractivity contribution in [2.75, 3.05) is 21.1 Å². The average Bonchev–Trinajstić information content (AvgIpc) is 2.94. The highest BCUT2D eigenvalue weighted by atomic mass is 16.5. The summed E-state index contributed by atoms with van der Waals surface area (Å²) in [5.74, 6) is -0.308. The van der Waals surface area contributed by atoms with Crippen molar-refractivity contribution in [1.82, 2.24) is 9.47 Å². The Balaban J connectivity index is 0.00000225.